The van der Waals surface area contributed by atoms with Crippen molar-refractivity contribution in [3.63, 3.8) is 0 Å². The molecule has 5 nitrogen and oxygen atoms in total. The van der Waals surface area contributed by atoms with E-state index in [4.69, 9.17) is 23.8 Å². The Balaban J connectivity index is 1.11. The van der Waals surface area contributed by atoms with Crippen LogP contribution in [-0.4, -0.2) is 15.0 Å². The number of nitrogens with zero attached hydrogens (tertiary/aromatic N) is 3. The third-order valence-electron chi connectivity index (χ3n) is 9.36. The quantitative estimate of drug-likeness (QED) is 0.187. The Bertz CT molecular complexity index is 2740. The second kappa shape index (κ2) is 11.4. The molecule has 0 radical (unpaired) electrons. The van der Waals surface area contributed by atoms with Crippen LogP contribution in [0.1, 0.15) is 0 Å². The smallest absolute Gasteiger partial charge is 0.164 e. The highest BCUT2D eigenvalue weighted by Gasteiger charge is 2.17. The maximum absolute atomic E-state index is 6.24. The van der Waals surface area contributed by atoms with E-state index in [0.29, 0.717) is 17.5 Å². The molecule has 0 spiro atoms. The Morgan fingerprint density at radius 2 is 0.640 bits per heavy atom. The van der Waals surface area contributed by atoms with Gasteiger partial charge in [-0.1, -0.05) is 121 Å². The molecule has 7 aromatic carbocycles. The first-order valence-electron chi connectivity index (χ1n) is 16.6. The summed E-state index contributed by atoms with van der Waals surface area (Å²) in [5, 5.41) is 4.28. The van der Waals surface area contributed by atoms with Crippen molar-refractivity contribution in [2.24, 2.45) is 0 Å². The molecule has 0 N–H and O–H groups in total. The molecule has 0 fully saturated rings. The zero-order chi connectivity index (χ0) is 33.0. The van der Waals surface area contributed by atoms with Gasteiger partial charge < -0.3 is 8.83 Å². The minimum Gasteiger partial charge on any atom is -0.456 e. The Labute approximate surface area is 287 Å². The third-order valence-corrected chi connectivity index (χ3v) is 9.36. The van der Waals surface area contributed by atoms with Crippen molar-refractivity contribution < 1.29 is 8.83 Å². The van der Waals surface area contributed by atoms with E-state index < -0.39 is 0 Å². The molecule has 0 atom stereocenters. The molecule has 0 unspecified atom stereocenters. The number of furan rings is 2. The summed E-state index contributed by atoms with van der Waals surface area (Å²) in [6.45, 7) is 0. The van der Waals surface area contributed by atoms with Gasteiger partial charge in [-0.15, -0.1) is 0 Å². The minimum atomic E-state index is 0.565. The van der Waals surface area contributed by atoms with Crippen molar-refractivity contribution in [1.29, 1.82) is 0 Å². The Hall–Kier alpha value is -6.85. The van der Waals surface area contributed by atoms with Gasteiger partial charge in [0.1, 0.15) is 22.3 Å². The van der Waals surface area contributed by atoms with Crippen LogP contribution >= 0.6 is 0 Å². The lowest BCUT2D eigenvalue weighted by Crippen LogP contribution is -2.00. The summed E-state index contributed by atoms with van der Waals surface area (Å²) in [6, 6.07) is 55.9. The van der Waals surface area contributed by atoms with E-state index in [1.54, 1.807) is 0 Å². The topological polar surface area (TPSA) is 65.0 Å². The van der Waals surface area contributed by atoms with Crippen molar-refractivity contribution >= 4 is 43.9 Å². The zero-order valence-electron chi connectivity index (χ0n) is 26.7. The highest BCUT2D eigenvalue weighted by atomic mass is 16.3. The number of fused-ring (bicyclic) bond motifs is 6. The number of para-hydroxylation sites is 2. The fourth-order valence-corrected chi connectivity index (χ4v) is 6.82. The van der Waals surface area contributed by atoms with Crippen molar-refractivity contribution in [1.82, 2.24) is 15.0 Å². The molecule has 50 heavy (non-hydrogen) atoms. The Kier molecular flexibility index (Phi) is 6.42. The average Bonchev–Trinajstić information content (AvgIpc) is 3.76. The monoisotopic (exact) mass is 641 g/mol. The fraction of sp³-hybridized carbons (Fsp3) is 0. The summed E-state index contributed by atoms with van der Waals surface area (Å²) in [6.07, 6.45) is 0. The lowest BCUT2D eigenvalue weighted by molar-refractivity contribution is 0.668. The first-order chi connectivity index (χ1) is 24.7. The lowest BCUT2D eigenvalue weighted by atomic mass is 9.99. The van der Waals surface area contributed by atoms with Gasteiger partial charge in [0.15, 0.2) is 17.5 Å². The van der Waals surface area contributed by atoms with E-state index in [2.05, 4.69) is 109 Å². The molecule has 234 valence electrons. The van der Waals surface area contributed by atoms with Crippen molar-refractivity contribution in [3.05, 3.63) is 164 Å². The van der Waals surface area contributed by atoms with Gasteiger partial charge >= 0.3 is 0 Å². The van der Waals surface area contributed by atoms with Gasteiger partial charge in [0.2, 0.25) is 0 Å². The van der Waals surface area contributed by atoms with Gasteiger partial charge in [-0.3, -0.25) is 0 Å². The largest absolute Gasteiger partial charge is 0.456 e. The molecule has 0 bridgehead atoms. The fourth-order valence-electron chi connectivity index (χ4n) is 6.82. The Morgan fingerprint density at radius 1 is 0.260 bits per heavy atom. The second-order valence-corrected chi connectivity index (χ2v) is 12.4. The number of rotatable bonds is 5. The number of benzene rings is 7. The maximum Gasteiger partial charge on any atom is 0.164 e. The average molecular weight is 642 g/mol. The molecular formula is C45H27N3O2. The number of aromatic nitrogens is 3. The summed E-state index contributed by atoms with van der Waals surface area (Å²) >= 11 is 0. The molecule has 0 amide bonds. The molecule has 5 heteroatoms. The van der Waals surface area contributed by atoms with E-state index in [1.807, 2.05) is 54.6 Å². The van der Waals surface area contributed by atoms with Gasteiger partial charge in [0.05, 0.1) is 0 Å². The Morgan fingerprint density at radius 3 is 1.20 bits per heavy atom. The molecule has 0 aliphatic carbocycles. The number of hydrogen-bond donors (Lipinski definition) is 0. The van der Waals surface area contributed by atoms with Gasteiger partial charge in [-0.05, 0) is 64.7 Å². The van der Waals surface area contributed by atoms with Gasteiger partial charge in [-0.2, -0.15) is 0 Å². The molecule has 10 rings (SSSR count). The van der Waals surface area contributed by atoms with Crippen LogP contribution < -0.4 is 0 Å². The summed E-state index contributed by atoms with van der Waals surface area (Å²) in [4.78, 5) is 15.2. The normalized spacial score (nSPS) is 11.6. The van der Waals surface area contributed by atoms with Gasteiger partial charge in [-0.25, -0.2) is 15.0 Å². The van der Waals surface area contributed by atoms with Crippen molar-refractivity contribution in [3.8, 4) is 56.4 Å². The first-order valence-corrected chi connectivity index (χ1v) is 16.6. The highest BCUT2D eigenvalue weighted by molar-refractivity contribution is 6.06. The molecule has 0 saturated carbocycles. The minimum absolute atomic E-state index is 0.565. The van der Waals surface area contributed by atoms with Crippen LogP contribution in [0.2, 0.25) is 0 Å². The number of hydrogen-bond acceptors (Lipinski definition) is 5. The van der Waals surface area contributed by atoms with E-state index in [9.17, 15) is 0 Å². The maximum atomic E-state index is 6.24. The molecular weight excluding hydrogens is 615 g/mol. The highest BCUT2D eigenvalue weighted by Crippen LogP contribution is 2.35. The van der Waals surface area contributed by atoms with Gasteiger partial charge in [0, 0.05) is 38.2 Å². The lowest BCUT2D eigenvalue weighted by Gasteiger charge is -2.10. The van der Waals surface area contributed by atoms with Gasteiger partial charge in [0.25, 0.3) is 0 Å². The molecule has 0 aliphatic rings. The van der Waals surface area contributed by atoms with E-state index in [-0.39, 0.29) is 0 Å². The van der Waals surface area contributed by atoms with E-state index in [1.165, 1.54) is 11.1 Å². The van der Waals surface area contributed by atoms with Crippen LogP contribution in [0.25, 0.3) is 100 Å². The molecule has 0 aliphatic heterocycles. The predicted octanol–water partition coefficient (Wildman–Crippen LogP) is 12.0. The third kappa shape index (κ3) is 4.83. The molecule has 10 aromatic rings. The van der Waals surface area contributed by atoms with Crippen molar-refractivity contribution in [2.75, 3.05) is 0 Å². The second-order valence-electron chi connectivity index (χ2n) is 12.4. The summed E-state index contributed by atoms with van der Waals surface area (Å²) < 4.78 is 12.5. The van der Waals surface area contributed by atoms with Crippen LogP contribution in [0.5, 0.6) is 0 Å². The predicted molar refractivity (Wildman–Crippen MR) is 202 cm³/mol. The summed E-state index contributed by atoms with van der Waals surface area (Å²) in [5.74, 6) is 1.71. The van der Waals surface area contributed by atoms with E-state index >= 15 is 0 Å². The van der Waals surface area contributed by atoms with E-state index in [0.717, 1.165) is 71.7 Å². The standard InChI is InChI=1S/C45H27N3O2/c1-2-9-28(10-3-1)29-17-19-30(20-18-29)31-11-8-12-32(25-31)43-46-44(33-21-23-37-35-13-4-6-15-39(35)49-41(37)26-33)48-45(47-43)34-22-24-38-36-14-5-7-16-40(36)50-42(38)27-34/h1-27H. The molecule has 0 saturated heterocycles. The van der Waals surface area contributed by atoms with Crippen LogP contribution in [0.3, 0.4) is 0 Å². The SMILES string of the molecule is c1ccc(-c2ccc(-c3cccc(-c4nc(-c5ccc6c(c5)oc5ccccc56)nc(-c5ccc6c(c5)oc5ccccc56)n4)c3)cc2)cc1. The van der Waals surface area contributed by atoms with Crippen LogP contribution in [0.4, 0.5) is 0 Å². The first kappa shape index (κ1) is 28.2. The summed E-state index contributed by atoms with van der Waals surface area (Å²) in [7, 11) is 0. The summed E-state index contributed by atoms with van der Waals surface area (Å²) in [5.41, 5.74) is 10.4. The van der Waals surface area contributed by atoms with Crippen molar-refractivity contribution in [2.45, 2.75) is 0 Å². The zero-order valence-corrected chi connectivity index (χ0v) is 26.7. The van der Waals surface area contributed by atoms with Crippen LogP contribution in [-0.2, 0) is 0 Å². The molecule has 3 heterocycles. The van der Waals surface area contributed by atoms with Crippen LogP contribution in [0, 0.1) is 0 Å². The van der Waals surface area contributed by atoms with Crippen LogP contribution in [0.15, 0.2) is 173 Å². The molecule has 3 aromatic heterocycles.